The molecular formula is C18H26FN3O2. The molecule has 0 aromatic carbocycles. The van der Waals surface area contributed by atoms with Crippen molar-refractivity contribution in [2.45, 2.75) is 38.1 Å². The molecule has 132 valence electrons. The third kappa shape index (κ3) is 3.46. The normalized spacial score (nSPS) is 32.5. The van der Waals surface area contributed by atoms with Gasteiger partial charge < -0.3 is 9.47 Å². The molecule has 4 rings (SSSR count). The van der Waals surface area contributed by atoms with Gasteiger partial charge in [0, 0.05) is 37.8 Å². The van der Waals surface area contributed by atoms with Crippen LogP contribution in [0, 0.1) is 17.2 Å². The van der Waals surface area contributed by atoms with Crippen LogP contribution < -0.4 is 0 Å². The first kappa shape index (κ1) is 16.4. The SMILES string of the molecule is Fc1cncnc1CC1CC2(COCCN(C3CCOCC3)C2)C1. The standard InChI is InChI=1S/C18H26FN3O2/c19-16-10-20-13-21-17(16)7-14-8-18(9-14)11-22(3-6-24-12-18)15-1-4-23-5-2-15/h10,13-15H,1-9,11-12H2. The van der Waals surface area contributed by atoms with E-state index in [1.807, 2.05) is 0 Å². The first-order valence-corrected chi connectivity index (χ1v) is 9.08. The maximum absolute atomic E-state index is 13.7. The Labute approximate surface area is 142 Å². The molecule has 3 heterocycles. The number of aromatic nitrogens is 2. The van der Waals surface area contributed by atoms with Gasteiger partial charge in [0.05, 0.1) is 25.1 Å². The van der Waals surface area contributed by atoms with Crippen molar-refractivity contribution in [3.8, 4) is 0 Å². The molecule has 0 atom stereocenters. The summed E-state index contributed by atoms with van der Waals surface area (Å²) in [4.78, 5) is 10.5. The van der Waals surface area contributed by atoms with Crippen molar-refractivity contribution in [3.05, 3.63) is 24.0 Å². The van der Waals surface area contributed by atoms with Crippen molar-refractivity contribution in [2.75, 3.05) is 39.5 Å². The number of halogens is 1. The zero-order chi connectivity index (χ0) is 16.4. The lowest BCUT2D eigenvalue weighted by Crippen LogP contribution is -2.51. The first-order chi connectivity index (χ1) is 11.7. The summed E-state index contributed by atoms with van der Waals surface area (Å²) in [6.45, 7) is 5.56. The average molecular weight is 335 g/mol. The molecule has 0 bridgehead atoms. The van der Waals surface area contributed by atoms with E-state index >= 15 is 0 Å². The fourth-order valence-electron chi connectivity index (χ4n) is 4.71. The van der Waals surface area contributed by atoms with Gasteiger partial charge in [0.1, 0.15) is 6.33 Å². The molecular weight excluding hydrogens is 309 g/mol. The van der Waals surface area contributed by atoms with Crippen LogP contribution in [0.5, 0.6) is 0 Å². The molecule has 1 aromatic rings. The number of rotatable bonds is 3. The van der Waals surface area contributed by atoms with E-state index in [-0.39, 0.29) is 11.2 Å². The molecule has 2 saturated heterocycles. The van der Waals surface area contributed by atoms with Gasteiger partial charge in [-0.15, -0.1) is 0 Å². The lowest BCUT2D eigenvalue weighted by Gasteiger charge is -2.50. The fourth-order valence-corrected chi connectivity index (χ4v) is 4.71. The molecule has 5 nitrogen and oxygen atoms in total. The fraction of sp³-hybridized carbons (Fsp3) is 0.778. The zero-order valence-electron chi connectivity index (χ0n) is 14.1. The molecule has 3 aliphatic rings. The molecule has 6 heteroatoms. The Morgan fingerprint density at radius 3 is 2.83 bits per heavy atom. The van der Waals surface area contributed by atoms with Crippen LogP contribution in [-0.2, 0) is 15.9 Å². The van der Waals surface area contributed by atoms with E-state index in [0.29, 0.717) is 24.1 Å². The second-order valence-corrected chi connectivity index (χ2v) is 7.66. The summed E-state index contributed by atoms with van der Waals surface area (Å²) in [5, 5.41) is 0. The maximum atomic E-state index is 13.7. The monoisotopic (exact) mass is 335 g/mol. The van der Waals surface area contributed by atoms with Crippen molar-refractivity contribution < 1.29 is 13.9 Å². The summed E-state index contributed by atoms with van der Waals surface area (Å²) in [7, 11) is 0. The van der Waals surface area contributed by atoms with Crippen LogP contribution in [0.2, 0.25) is 0 Å². The van der Waals surface area contributed by atoms with E-state index in [0.717, 1.165) is 65.2 Å². The van der Waals surface area contributed by atoms with Gasteiger partial charge in [-0.3, -0.25) is 4.90 Å². The quantitative estimate of drug-likeness (QED) is 0.846. The summed E-state index contributed by atoms with van der Waals surface area (Å²) < 4.78 is 25.2. The lowest BCUT2D eigenvalue weighted by atomic mass is 9.60. The summed E-state index contributed by atoms with van der Waals surface area (Å²) in [6.07, 6.45) is 7.89. The topological polar surface area (TPSA) is 47.5 Å². The molecule has 1 saturated carbocycles. The van der Waals surface area contributed by atoms with Gasteiger partial charge >= 0.3 is 0 Å². The molecule has 0 unspecified atom stereocenters. The summed E-state index contributed by atoms with van der Waals surface area (Å²) in [5.41, 5.74) is 0.809. The Hall–Kier alpha value is -1.11. The van der Waals surface area contributed by atoms with Gasteiger partial charge in [-0.25, -0.2) is 14.4 Å². The summed E-state index contributed by atoms with van der Waals surface area (Å²) >= 11 is 0. The third-order valence-corrected chi connectivity index (χ3v) is 5.85. The molecule has 24 heavy (non-hydrogen) atoms. The molecule has 1 aliphatic carbocycles. The van der Waals surface area contributed by atoms with Gasteiger partial charge in [-0.2, -0.15) is 0 Å². The van der Waals surface area contributed by atoms with E-state index in [1.54, 1.807) is 0 Å². The average Bonchev–Trinajstić information content (AvgIpc) is 2.81. The first-order valence-electron chi connectivity index (χ1n) is 9.08. The van der Waals surface area contributed by atoms with Gasteiger partial charge in [0.2, 0.25) is 0 Å². The van der Waals surface area contributed by atoms with Crippen LogP contribution >= 0.6 is 0 Å². The minimum absolute atomic E-state index is 0.253. The highest BCUT2D eigenvalue weighted by atomic mass is 19.1. The molecule has 3 fully saturated rings. The van der Waals surface area contributed by atoms with Crippen LogP contribution in [-0.4, -0.2) is 60.4 Å². The molecule has 1 aromatic heterocycles. The Bertz CT molecular complexity index is 559. The number of ether oxygens (including phenoxy) is 2. The summed E-state index contributed by atoms with van der Waals surface area (Å²) in [6, 6.07) is 0.635. The molecule has 0 N–H and O–H groups in total. The number of nitrogens with zero attached hydrogens (tertiary/aromatic N) is 3. The number of hydrogen-bond donors (Lipinski definition) is 0. The van der Waals surface area contributed by atoms with E-state index < -0.39 is 0 Å². The Morgan fingerprint density at radius 1 is 1.21 bits per heavy atom. The van der Waals surface area contributed by atoms with E-state index in [9.17, 15) is 4.39 Å². The predicted molar refractivity (Wildman–Crippen MR) is 87.1 cm³/mol. The Kier molecular flexibility index (Phi) is 4.79. The molecule has 1 spiro atoms. The Balaban J connectivity index is 1.36. The van der Waals surface area contributed by atoms with E-state index in [1.165, 1.54) is 12.5 Å². The minimum Gasteiger partial charge on any atom is -0.381 e. The minimum atomic E-state index is -0.278. The van der Waals surface area contributed by atoms with Crippen molar-refractivity contribution in [1.82, 2.24) is 14.9 Å². The lowest BCUT2D eigenvalue weighted by molar-refractivity contribution is -0.0409. The van der Waals surface area contributed by atoms with Crippen LogP contribution in [0.15, 0.2) is 12.5 Å². The largest absolute Gasteiger partial charge is 0.381 e. The number of hydrogen-bond acceptors (Lipinski definition) is 5. The third-order valence-electron chi connectivity index (χ3n) is 5.85. The van der Waals surface area contributed by atoms with Crippen molar-refractivity contribution >= 4 is 0 Å². The Morgan fingerprint density at radius 2 is 2.04 bits per heavy atom. The van der Waals surface area contributed by atoms with Crippen LogP contribution in [0.1, 0.15) is 31.4 Å². The second kappa shape index (κ2) is 7.02. The van der Waals surface area contributed by atoms with Gasteiger partial charge in [0.15, 0.2) is 5.82 Å². The van der Waals surface area contributed by atoms with E-state index in [4.69, 9.17) is 9.47 Å². The van der Waals surface area contributed by atoms with Gasteiger partial charge in [0.25, 0.3) is 0 Å². The van der Waals surface area contributed by atoms with Crippen LogP contribution in [0.4, 0.5) is 4.39 Å². The smallest absolute Gasteiger partial charge is 0.162 e. The van der Waals surface area contributed by atoms with Gasteiger partial charge in [-0.05, 0) is 38.0 Å². The van der Waals surface area contributed by atoms with Crippen molar-refractivity contribution in [3.63, 3.8) is 0 Å². The predicted octanol–water partition coefficient (Wildman–Crippen LogP) is 2.07. The van der Waals surface area contributed by atoms with Crippen LogP contribution in [0.3, 0.4) is 0 Å². The zero-order valence-corrected chi connectivity index (χ0v) is 14.1. The molecule has 0 radical (unpaired) electrons. The summed E-state index contributed by atoms with van der Waals surface area (Å²) in [5.74, 6) is 0.229. The highest BCUT2D eigenvalue weighted by Crippen LogP contribution is 2.49. The molecule has 2 aliphatic heterocycles. The van der Waals surface area contributed by atoms with Gasteiger partial charge in [-0.1, -0.05) is 0 Å². The van der Waals surface area contributed by atoms with E-state index in [2.05, 4.69) is 14.9 Å². The van der Waals surface area contributed by atoms with Crippen molar-refractivity contribution in [1.29, 1.82) is 0 Å². The van der Waals surface area contributed by atoms with Crippen molar-refractivity contribution in [2.24, 2.45) is 11.3 Å². The highest BCUT2D eigenvalue weighted by Gasteiger charge is 2.47. The van der Waals surface area contributed by atoms with Crippen LogP contribution in [0.25, 0.3) is 0 Å². The highest BCUT2D eigenvalue weighted by molar-refractivity contribution is 5.07. The second-order valence-electron chi connectivity index (χ2n) is 7.66. The molecule has 0 amide bonds. The maximum Gasteiger partial charge on any atom is 0.162 e.